The van der Waals surface area contributed by atoms with Crippen molar-refractivity contribution in [1.82, 2.24) is 20.1 Å². The fourth-order valence-corrected chi connectivity index (χ4v) is 4.14. The maximum atomic E-state index is 12.8. The molecule has 160 valence electrons. The lowest BCUT2D eigenvalue weighted by Crippen LogP contribution is -2.49. The van der Waals surface area contributed by atoms with Crippen molar-refractivity contribution < 1.29 is 9.53 Å². The number of amides is 1. The van der Waals surface area contributed by atoms with E-state index in [4.69, 9.17) is 4.74 Å². The molecule has 8 nitrogen and oxygen atoms in total. The Hall–Kier alpha value is -2.90. The predicted molar refractivity (Wildman–Crippen MR) is 116 cm³/mol. The van der Waals surface area contributed by atoms with Crippen molar-refractivity contribution in [3.05, 3.63) is 36.0 Å². The van der Waals surface area contributed by atoms with Crippen LogP contribution in [0.5, 0.6) is 5.88 Å². The molecule has 0 bridgehead atoms. The average molecular weight is 411 g/mol. The number of carbonyl (C=O) groups excluding carboxylic acids is 1. The first kappa shape index (κ1) is 20.4. The van der Waals surface area contributed by atoms with Gasteiger partial charge in [-0.1, -0.05) is 0 Å². The molecular weight excluding hydrogens is 380 g/mol. The molecule has 2 aromatic heterocycles. The van der Waals surface area contributed by atoms with E-state index in [1.165, 1.54) is 19.3 Å². The summed E-state index contributed by atoms with van der Waals surface area (Å²) in [6.45, 7) is 8.56. The highest BCUT2D eigenvalue weighted by molar-refractivity contribution is 5.94. The van der Waals surface area contributed by atoms with Crippen LogP contribution in [0.3, 0.4) is 0 Å². The second kappa shape index (κ2) is 9.28. The third-order valence-electron chi connectivity index (χ3n) is 5.90. The SMILES string of the molecule is CCOc1ccc(C(=O)N2CCN(c3ccc(N4CCCCC4C)nn3)CC2)cn1. The van der Waals surface area contributed by atoms with Crippen LogP contribution in [0, 0.1) is 0 Å². The zero-order chi connectivity index (χ0) is 20.9. The van der Waals surface area contributed by atoms with Crippen LogP contribution in [-0.2, 0) is 0 Å². The third-order valence-corrected chi connectivity index (χ3v) is 5.90. The molecule has 0 saturated carbocycles. The molecule has 1 amide bonds. The first-order valence-electron chi connectivity index (χ1n) is 10.9. The van der Waals surface area contributed by atoms with Crippen molar-refractivity contribution in [2.75, 3.05) is 49.1 Å². The van der Waals surface area contributed by atoms with E-state index in [1.807, 2.05) is 11.8 Å². The maximum Gasteiger partial charge on any atom is 0.255 e. The Morgan fingerprint density at radius 2 is 1.80 bits per heavy atom. The fourth-order valence-electron chi connectivity index (χ4n) is 4.14. The van der Waals surface area contributed by atoms with Crippen molar-refractivity contribution in [2.45, 2.75) is 39.2 Å². The number of carbonyl (C=O) groups is 1. The van der Waals surface area contributed by atoms with Crippen LogP contribution >= 0.6 is 0 Å². The van der Waals surface area contributed by atoms with Gasteiger partial charge in [-0.3, -0.25) is 4.79 Å². The van der Waals surface area contributed by atoms with Crippen LogP contribution in [0.2, 0.25) is 0 Å². The molecule has 0 N–H and O–H groups in total. The molecule has 4 rings (SSSR count). The van der Waals surface area contributed by atoms with Gasteiger partial charge in [0.1, 0.15) is 0 Å². The van der Waals surface area contributed by atoms with Gasteiger partial charge in [-0.25, -0.2) is 4.98 Å². The summed E-state index contributed by atoms with van der Waals surface area (Å²) in [5, 5.41) is 8.96. The first-order chi connectivity index (χ1) is 14.7. The van der Waals surface area contributed by atoms with Gasteiger partial charge in [-0.2, -0.15) is 0 Å². The zero-order valence-corrected chi connectivity index (χ0v) is 17.8. The topological polar surface area (TPSA) is 74.7 Å². The van der Waals surface area contributed by atoms with E-state index in [0.29, 0.717) is 37.2 Å². The van der Waals surface area contributed by atoms with Gasteiger partial charge in [0, 0.05) is 51.0 Å². The monoisotopic (exact) mass is 410 g/mol. The number of piperidine rings is 1. The standard InChI is InChI=1S/C22H30N6O2/c1-3-30-21-10-7-18(16-23-21)22(29)27-14-12-26(13-15-27)19-8-9-20(25-24-19)28-11-5-4-6-17(28)2/h7-10,16-17H,3-6,11-15H2,1-2H3. The Bertz CT molecular complexity index is 834. The summed E-state index contributed by atoms with van der Waals surface area (Å²) in [5.41, 5.74) is 0.590. The van der Waals surface area contributed by atoms with Gasteiger partial charge in [0.25, 0.3) is 5.91 Å². The Balaban J connectivity index is 1.33. The van der Waals surface area contributed by atoms with E-state index >= 15 is 0 Å². The summed E-state index contributed by atoms with van der Waals surface area (Å²) >= 11 is 0. The normalized spacial score (nSPS) is 19.7. The summed E-state index contributed by atoms with van der Waals surface area (Å²) in [7, 11) is 0. The molecule has 2 aromatic rings. The summed E-state index contributed by atoms with van der Waals surface area (Å²) in [6, 6.07) is 8.17. The summed E-state index contributed by atoms with van der Waals surface area (Å²) in [6.07, 6.45) is 5.31. The number of hydrogen-bond donors (Lipinski definition) is 0. The summed E-state index contributed by atoms with van der Waals surface area (Å²) < 4.78 is 5.34. The number of ether oxygens (including phenoxy) is 1. The predicted octanol–water partition coefficient (Wildman–Crippen LogP) is 2.61. The minimum atomic E-state index is 0.00529. The van der Waals surface area contributed by atoms with Crippen molar-refractivity contribution in [2.24, 2.45) is 0 Å². The quantitative estimate of drug-likeness (QED) is 0.750. The van der Waals surface area contributed by atoms with Gasteiger partial charge in [0.05, 0.1) is 12.2 Å². The molecule has 2 aliphatic rings. The Labute approximate surface area is 177 Å². The minimum absolute atomic E-state index is 0.00529. The smallest absolute Gasteiger partial charge is 0.255 e. The van der Waals surface area contributed by atoms with Crippen molar-refractivity contribution in [3.63, 3.8) is 0 Å². The average Bonchev–Trinajstić information content (AvgIpc) is 2.80. The number of anilines is 2. The fraction of sp³-hybridized carbons (Fsp3) is 0.545. The molecule has 8 heteroatoms. The summed E-state index contributed by atoms with van der Waals surface area (Å²) in [5.74, 6) is 2.38. The number of aromatic nitrogens is 3. The number of hydrogen-bond acceptors (Lipinski definition) is 7. The van der Waals surface area contributed by atoms with E-state index in [9.17, 15) is 4.79 Å². The molecule has 0 aliphatic carbocycles. The lowest BCUT2D eigenvalue weighted by atomic mass is 10.0. The van der Waals surface area contributed by atoms with E-state index in [1.54, 1.807) is 18.3 Å². The highest BCUT2D eigenvalue weighted by atomic mass is 16.5. The molecule has 1 unspecified atom stereocenters. The van der Waals surface area contributed by atoms with Crippen LogP contribution in [-0.4, -0.2) is 71.4 Å². The van der Waals surface area contributed by atoms with Crippen molar-refractivity contribution >= 4 is 17.5 Å². The molecule has 30 heavy (non-hydrogen) atoms. The highest BCUT2D eigenvalue weighted by Crippen LogP contribution is 2.24. The third kappa shape index (κ3) is 4.47. The number of nitrogens with zero attached hydrogens (tertiary/aromatic N) is 6. The van der Waals surface area contributed by atoms with Gasteiger partial charge < -0.3 is 19.4 Å². The van der Waals surface area contributed by atoms with Crippen molar-refractivity contribution in [1.29, 1.82) is 0 Å². The Morgan fingerprint density at radius 3 is 2.43 bits per heavy atom. The first-order valence-corrected chi connectivity index (χ1v) is 10.9. The molecule has 0 radical (unpaired) electrons. The summed E-state index contributed by atoms with van der Waals surface area (Å²) in [4.78, 5) is 23.4. The van der Waals surface area contributed by atoms with Crippen LogP contribution < -0.4 is 14.5 Å². The van der Waals surface area contributed by atoms with E-state index in [0.717, 1.165) is 31.3 Å². The molecule has 2 fully saturated rings. The maximum absolute atomic E-state index is 12.8. The van der Waals surface area contributed by atoms with Gasteiger partial charge in [-0.05, 0) is 51.3 Å². The second-order valence-electron chi connectivity index (χ2n) is 7.89. The molecule has 0 aromatic carbocycles. The Morgan fingerprint density at radius 1 is 1.03 bits per heavy atom. The molecule has 1 atom stereocenters. The van der Waals surface area contributed by atoms with Gasteiger partial charge >= 0.3 is 0 Å². The van der Waals surface area contributed by atoms with E-state index < -0.39 is 0 Å². The lowest BCUT2D eigenvalue weighted by Gasteiger charge is -2.36. The largest absolute Gasteiger partial charge is 0.478 e. The highest BCUT2D eigenvalue weighted by Gasteiger charge is 2.24. The minimum Gasteiger partial charge on any atom is -0.478 e. The van der Waals surface area contributed by atoms with Crippen LogP contribution in [0.25, 0.3) is 0 Å². The lowest BCUT2D eigenvalue weighted by molar-refractivity contribution is 0.0746. The molecular formula is C22H30N6O2. The molecule has 2 saturated heterocycles. The molecule has 0 spiro atoms. The van der Waals surface area contributed by atoms with Gasteiger partial charge in [0.15, 0.2) is 11.6 Å². The number of piperazine rings is 1. The van der Waals surface area contributed by atoms with Gasteiger partial charge in [0.2, 0.25) is 5.88 Å². The van der Waals surface area contributed by atoms with E-state index in [-0.39, 0.29) is 5.91 Å². The van der Waals surface area contributed by atoms with E-state index in [2.05, 4.69) is 44.0 Å². The zero-order valence-electron chi connectivity index (χ0n) is 17.8. The van der Waals surface area contributed by atoms with Crippen molar-refractivity contribution in [3.8, 4) is 5.88 Å². The number of rotatable bonds is 5. The molecule has 2 aliphatic heterocycles. The van der Waals surface area contributed by atoms with Crippen LogP contribution in [0.4, 0.5) is 11.6 Å². The number of pyridine rings is 1. The second-order valence-corrected chi connectivity index (χ2v) is 7.89. The van der Waals surface area contributed by atoms with Gasteiger partial charge in [-0.15, -0.1) is 10.2 Å². The van der Waals surface area contributed by atoms with Crippen LogP contribution in [0.1, 0.15) is 43.5 Å². The molecule has 4 heterocycles. The Kier molecular flexibility index (Phi) is 6.30. The van der Waals surface area contributed by atoms with Crippen LogP contribution in [0.15, 0.2) is 30.5 Å².